The van der Waals surface area contributed by atoms with Crippen molar-refractivity contribution in [3.8, 4) is 11.5 Å². The van der Waals surface area contributed by atoms with Gasteiger partial charge in [0.25, 0.3) is 11.1 Å². The van der Waals surface area contributed by atoms with Crippen molar-refractivity contribution in [3.05, 3.63) is 61.4 Å². The van der Waals surface area contributed by atoms with Crippen LogP contribution in [0.5, 0.6) is 11.5 Å². The minimum Gasteiger partial charge on any atom is -0.503 e. The molecule has 28 heavy (non-hydrogen) atoms. The van der Waals surface area contributed by atoms with E-state index in [1.165, 1.54) is 12.1 Å². The molecule has 1 heterocycles. The molecule has 2 aromatic carbocycles. The van der Waals surface area contributed by atoms with E-state index in [0.29, 0.717) is 27.8 Å². The van der Waals surface area contributed by atoms with Gasteiger partial charge in [-0.05, 0) is 54.6 Å². The third-order valence-corrected chi connectivity index (χ3v) is 5.80. The van der Waals surface area contributed by atoms with Crippen molar-refractivity contribution in [2.75, 3.05) is 6.61 Å². The Bertz CT molecular complexity index is 973. The van der Waals surface area contributed by atoms with E-state index < -0.39 is 11.1 Å². The lowest BCUT2D eigenvalue weighted by Crippen LogP contribution is -2.27. The standard InChI is InChI=1S/C19H14Cl3NO4S/c1-2-27-15-7-10(6-14(22)17(15)24)8-16-18(25)23(19(26)28-16)9-11-12(20)4-3-5-13(11)21/h3-8,24H,2,9H2,1H3/b16-8-. The van der Waals surface area contributed by atoms with Gasteiger partial charge in [0.05, 0.1) is 23.1 Å². The van der Waals surface area contributed by atoms with Crippen molar-refractivity contribution in [1.29, 1.82) is 0 Å². The Hall–Kier alpha value is -1.86. The smallest absolute Gasteiger partial charge is 0.293 e. The van der Waals surface area contributed by atoms with Crippen LogP contribution >= 0.6 is 46.6 Å². The zero-order valence-corrected chi connectivity index (χ0v) is 17.6. The number of nitrogens with zero attached hydrogens (tertiary/aromatic N) is 1. The maximum absolute atomic E-state index is 12.7. The van der Waals surface area contributed by atoms with Crippen molar-refractivity contribution in [2.45, 2.75) is 13.5 Å². The number of imide groups is 1. The fourth-order valence-corrected chi connectivity index (χ4v) is 4.15. The molecule has 1 saturated heterocycles. The number of phenolic OH excluding ortho intramolecular Hbond substituents is 1. The number of benzene rings is 2. The van der Waals surface area contributed by atoms with Crippen LogP contribution in [-0.2, 0) is 11.3 Å². The molecule has 0 unspecified atom stereocenters. The van der Waals surface area contributed by atoms with Gasteiger partial charge in [-0.1, -0.05) is 40.9 Å². The SMILES string of the molecule is CCOc1cc(/C=C2\SC(=O)N(Cc3c(Cl)cccc3Cl)C2=O)cc(Cl)c1O. The second kappa shape index (κ2) is 8.66. The highest BCUT2D eigenvalue weighted by Crippen LogP contribution is 2.39. The number of thioether (sulfide) groups is 1. The van der Waals surface area contributed by atoms with Crippen molar-refractivity contribution < 1.29 is 19.4 Å². The quantitative estimate of drug-likeness (QED) is 0.558. The lowest BCUT2D eigenvalue weighted by atomic mass is 10.1. The summed E-state index contributed by atoms with van der Waals surface area (Å²) in [7, 11) is 0. The highest BCUT2D eigenvalue weighted by Gasteiger charge is 2.35. The molecular formula is C19H14Cl3NO4S. The van der Waals surface area contributed by atoms with Crippen LogP contribution in [0.2, 0.25) is 15.1 Å². The van der Waals surface area contributed by atoms with Crippen LogP contribution in [0.15, 0.2) is 35.2 Å². The summed E-state index contributed by atoms with van der Waals surface area (Å²) in [5.74, 6) is -0.446. The lowest BCUT2D eigenvalue weighted by Gasteiger charge is -2.14. The van der Waals surface area contributed by atoms with Gasteiger partial charge >= 0.3 is 0 Å². The summed E-state index contributed by atoms with van der Waals surface area (Å²) in [6.07, 6.45) is 1.52. The minimum absolute atomic E-state index is 0.0267. The van der Waals surface area contributed by atoms with E-state index in [0.717, 1.165) is 16.7 Å². The van der Waals surface area contributed by atoms with Crippen LogP contribution in [-0.4, -0.2) is 27.8 Å². The maximum atomic E-state index is 12.7. The molecule has 146 valence electrons. The molecule has 3 rings (SSSR count). The van der Waals surface area contributed by atoms with E-state index in [-0.39, 0.29) is 28.0 Å². The highest BCUT2D eigenvalue weighted by molar-refractivity contribution is 8.18. The van der Waals surface area contributed by atoms with Gasteiger partial charge < -0.3 is 9.84 Å². The minimum atomic E-state index is -0.465. The van der Waals surface area contributed by atoms with Gasteiger partial charge in [0, 0.05) is 15.6 Å². The number of ether oxygens (including phenoxy) is 1. The van der Waals surface area contributed by atoms with Crippen LogP contribution in [0, 0.1) is 0 Å². The van der Waals surface area contributed by atoms with E-state index in [4.69, 9.17) is 39.5 Å². The number of rotatable bonds is 5. The Morgan fingerprint density at radius 2 is 1.82 bits per heavy atom. The Balaban J connectivity index is 1.89. The second-order valence-electron chi connectivity index (χ2n) is 5.75. The predicted octanol–water partition coefficient (Wildman–Crippen LogP) is 5.99. The topological polar surface area (TPSA) is 66.8 Å². The fourth-order valence-electron chi connectivity index (χ4n) is 2.57. The average molecular weight is 459 g/mol. The van der Waals surface area contributed by atoms with Crippen molar-refractivity contribution in [2.24, 2.45) is 0 Å². The number of phenols is 1. The molecule has 0 bridgehead atoms. The van der Waals surface area contributed by atoms with Crippen LogP contribution < -0.4 is 4.74 Å². The van der Waals surface area contributed by atoms with Crippen molar-refractivity contribution in [3.63, 3.8) is 0 Å². The number of aromatic hydroxyl groups is 1. The highest BCUT2D eigenvalue weighted by atomic mass is 35.5. The molecule has 1 aliphatic rings. The summed E-state index contributed by atoms with van der Waals surface area (Å²) in [6.45, 7) is 2.08. The average Bonchev–Trinajstić information content (AvgIpc) is 2.89. The summed E-state index contributed by atoms with van der Waals surface area (Å²) in [4.78, 5) is 26.4. The van der Waals surface area contributed by atoms with E-state index in [1.54, 1.807) is 31.2 Å². The second-order valence-corrected chi connectivity index (χ2v) is 7.97. The first-order valence-corrected chi connectivity index (χ1v) is 10.1. The van der Waals surface area contributed by atoms with E-state index >= 15 is 0 Å². The predicted molar refractivity (Wildman–Crippen MR) is 112 cm³/mol. The van der Waals surface area contributed by atoms with Gasteiger partial charge in [-0.2, -0.15) is 0 Å². The van der Waals surface area contributed by atoms with Crippen LogP contribution in [0.25, 0.3) is 6.08 Å². The first kappa shape index (κ1) is 20.9. The number of amides is 2. The van der Waals surface area contributed by atoms with Gasteiger partial charge in [0.15, 0.2) is 11.5 Å². The van der Waals surface area contributed by atoms with Crippen LogP contribution in [0.4, 0.5) is 4.79 Å². The molecule has 0 atom stereocenters. The molecule has 1 N–H and O–H groups in total. The van der Waals surface area contributed by atoms with E-state index in [9.17, 15) is 14.7 Å². The molecule has 1 fully saturated rings. The molecule has 2 aromatic rings. The molecule has 2 amide bonds. The molecule has 0 spiro atoms. The van der Waals surface area contributed by atoms with Crippen LogP contribution in [0.3, 0.4) is 0 Å². The number of carbonyl (C=O) groups is 2. The molecule has 0 aromatic heterocycles. The third-order valence-electron chi connectivity index (χ3n) is 3.90. The first-order valence-electron chi connectivity index (χ1n) is 8.15. The lowest BCUT2D eigenvalue weighted by molar-refractivity contribution is -0.123. The number of hydrogen-bond acceptors (Lipinski definition) is 5. The van der Waals surface area contributed by atoms with Gasteiger partial charge in [-0.3, -0.25) is 14.5 Å². The van der Waals surface area contributed by atoms with Gasteiger partial charge in [0.2, 0.25) is 0 Å². The van der Waals surface area contributed by atoms with Gasteiger partial charge in [0.1, 0.15) is 0 Å². The molecule has 0 radical (unpaired) electrons. The molecule has 1 aliphatic heterocycles. The monoisotopic (exact) mass is 457 g/mol. The Morgan fingerprint density at radius 3 is 2.46 bits per heavy atom. The largest absolute Gasteiger partial charge is 0.503 e. The summed E-state index contributed by atoms with van der Waals surface area (Å²) < 4.78 is 5.33. The first-order chi connectivity index (χ1) is 13.3. The molecule has 9 heteroatoms. The normalized spacial score (nSPS) is 15.6. The zero-order valence-electron chi connectivity index (χ0n) is 14.5. The Morgan fingerprint density at radius 1 is 1.14 bits per heavy atom. The molecule has 0 aliphatic carbocycles. The molecule has 5 nitrogen and oxygen atoms in total. The summed E-state index contributed by atoms with van der Waals surface area (Å²) in [6, 6.07) is 8.01. The summed E-state index contributed by atoms with van der Waals surface area (Å²) >= 11 is 19.1. The fraction of sp³-hybridized carbons (Fsp3) is 0.158. The number of hydrogen-bond donors (Lipinski definition) is 1. The molecule has 0 saturated carbocycles. The van der Waals surface area contributed by atoms with Gasteiger partial charge in [-0.15, -0.1) is 0 Å². The van der Waals surface area contributed by atoms with Crippen molar-refractivity contribution in [1.82, 2.24) is 4.90 Å². The number of halogens is 3. The molecular weight excluding hydrogens is 445 g/mol. The van der Waals surface area contributed by atoms with Crippen molar-refractivity contribution >= 4 is 63.8 Å². The zero-order chi connectivity index (χ0) is 20.4. The van der Waals surface area contributed by atoms with Crippen LogP contribution in [0.1, 0.15) is 18.1 Å². The van der Waals surface area contributed by atoms with E-state index in [2.05, 4.69) is 0 Å². The Labute approximate surface area is 180 Å². The van der Waals surface area contributed by atoms with E-state index in [1.807, 2.05) is 0 Å². The number of carbonyl (C=O) groups excluding carboxylic acids is 2. The maximum Gasteiger partial charge on any atom is 0.293 e. The summed E-state index contributed by atoms with van der Waals surface area (Å²) in [5.41, 5.74) is 1.02. The summed E-state index contributed by atoms with van der Waals surface area (Å²) in [5, 5.41) is 10.3. The Kier molecular flexibility index (Phi) is 6.45. The third kappa shape index (κ3) is 4.25. The van der Waals surface area contributed by atoms with Gasteiger partial charge in [-0.25, -0.2) is 0 Å².